The monoisotopic (exact) mass is 396 g/mol. The van der Waals surface area contributed by atoms with E-state index in [1.807, 2.05) is 18.2 Å². The number of nitrogens with zero attached hydrogens (tertiary/aromatic N) is 2. The maximum absolute atomic E-state index is 12.1. The van der Waals surface area contributed by atoms with Gasteiger partial charge in [0.05, 0.1) is 11.0 Å². The Kier molecular flexibility index (Phi) is 6.51. The SMILES string of the molecule is O=C(/C=N\OCC(=O)N[C@@H]1CCCc2ccccc21)Nc1ccc([N+](=O)[O-])cc1. The number of rotatable bonds is 7. The zero-order valence-electron chi connectivity index (χ0n) is 15.5. The first-order valence-electron chi connectivity index (χ1n) is 9.11. The van der Waals surface area contributed by atoms with E-state index in [1.165, 1.54) is 29.8 Å². The molecule has 1 aliphatic carbocycles. The Balaban J connectivity index is 1.42. The lowest BCUT2D eigenvalue weighted by Gasteiger charge is -2.26. The number of carbonyl (C=O) groups is 2. The summed E-state index contributed by atoms with van der Waals surface area (Å²) in [5, 5.41) is 19.5. The van der Waals surface area contributed by atoms with Gasteiger partial charge in [-0.25, -0.2) is 0 Å². The van der Waals surface area contributed by atoms with Gasteiger partial charge < -0.3 is 15.5 Å². The average molecular weight is 396 g/mol. The molecule has 2 aromatic rings. The van der Waals surface area contributed by atoms with Crippen LogP contribution in [-0.2, 0) is 20.8 Å². The molecule has 0 spiro atoms. The minimum absolute atomic E-state index is 0.0505. The van der Waals surface area contributed by atoms with Crippen molar-refractivity contribution in [2.75, 3.05) is 11.9 Å². The number of non-ortho nitro benzene ring substituents is 1. The van der Waals surface area contributed by atoms with Gasteiger partial charge in [0.1, 0.15) is 6.21 Å². The zero-order chi connectivity index (χ0) is 20.6. The summed E-state index contributed by atoms with van der Waals surface area (Å²) in [6, 6.07) is 13.3. The van der Waals surface area contributed by atoms with Gasteiger partial charge in [-0.1, -0.05) is 29.4 Å². The molecule has 9 heteroatoms. The smallest absolute Gasteiger partial charge is 0.270 e. The molecular formula is C20H20N4O5. The zero-order valence-corrected chi connectivity index (χ0v) is 15.5. The van der Waals surface area contributed by atoms with Crippen molar-refractivity contribution < 1.29 is 19.3 Å². The molecule has 2 N–H and O–H groups in total. The van der Waals surface area contributed by atoms with Crippen LogP contribution in [0.2, 0.25) is 0 Å². The Bertz CT molecular complexity index is 927. The van der Waals surface area contributed by atoms with E-state index in [0.29, 0.717) is 5.69 Å². The molecule has 0 fully saturated rings. The first-order chi connectivity index (χ1) is 14.0. The summed E-state index contributed by atoms with van der Waals surface area (Å²) in [4.78, 5) is 38.8. The van der Waals surface area contributed by atoms with Crippen LogP contribution in [0.3, 0.4) is 0 Å². The lowest BCUT2D eigenvalue weighted by molar-refractivity contribution is -0.384. The van der Waals surface area contributed by atoms with Crippen LogP contribution < -0.4 is 10.6 Å². The van der Waals surface area contributed by atoms with Crippen molar-refractivity contribution in [3.8, 4) is 0 Å². The molecule has 1 aliphatic rings. The van der Waals surface area contributed by atoms with E-state index >= 15 is 0 Å². The van der Waals surface area contributed by atoms with Gasteiger partial charge in [-0.15, -0.1) is 0 Å². The third-order valence-corrected chi connectivity index (χ3v) is 4.49. The van der Waals surface area contributed by atoms with Crippen LogP contribution in [0, 0.1) is 10.1 Å². The number of amides is 2. The lowest BCUT2D eigenvalue weighted by atomic mass is 9.88. The third kappa shape index (κ3) is 5.61. The quantitative estimate of drug-likeness (QED) is 0.423. The van der Waals surface area contributed by atoms with E-state index in [9.17, 15) is 19.7 Å². The van der Waals surface area contributed by atoms with Crippen LogP contribution in [0.5, 0.6) is 0 Å². The Morgan fingerprint density at radius 1 is 1.21 bits per heavy atom. The van der Waals surface area contributed by atoms with Crippen molar-refractivity contribution in [1.82, 2.24) is 5.32 Å². The predicted molar refractivity (Wildman–Crippen MR) is 106 cm³/mol. The maximum atomic E-state index is 12.1. The highest BCUT2D eigenvalue weighted by molar-refractivity contribution is 6.31. The molecule has 0 saturated carbocycles. The van der Waals surface area contributed by atoms with Crippen molar-refractivity contribution in [2.24, 2.45) is 5.16 Å². The van der Waals surface area contributed by atoms with Crippen molar-refractivity contribution in [3.63, 3.8) is 0 Å². The van der Waals surface area contributed by atoms with E-state index in [2.05, 4.69) is 21.9 Å². The van der Waals surface area contributed by atoms with Crippen LogP contribution >= 0.6 is 0 Å². The number of anilines is 1. The number of nitro benzene ring substituents is 1. The molecule has 29 heavy (non-hydrogen) atoms. The number of fused-ring (bicyclic) bond motifs is 1. The van der Waals surface area contributed by atoms with E-state index < -0.39 is 10.8 Å². The molecule has 0 bridgehead atoms. The first-order valence-corrected chi connectivity index (χ1v) is 9.11. The number of aryl methyl sites for hydroxylation is 1. The van der Waals surface area contributed by atoms with Gasteiger partial charge in [0.15, 0.2) is 6.61 Å². The largest absolute Gasteiger partial charge is 0.386 e. The molecular weight excluding hydrogens is 376 g/mol. The normalized spacial score (nSPS) is 15.4. The maximum Gasteiger partial charge on any atom is 0.270 e. The van der Waals surface area contributed by atoms with E-state index in [4.69, 9.17) is 4.84 Å². The van der Waals surface area contributed by atoms with Crippen LogP contribution in [0.1, 0.15) is 30.0 Å². The molecule has 3 rings (SSSR count). The Hall–Kier alpha value is -3.75. The minimum atomic E-state index is -0.583. The second kappa shape index (κ2) is 9.45. The Morgan fingerprint density at radius 3 is 2.72 bits per heavy atom. The van der Waals surface area contributed by atoms with Gasteiger partial charge in [0, 0.05) is 17.8 Å². The van der Waals surface area contributed by atoms with E-state index in [-0.39, 0.29) is 24.2 Å². The molecule has 9 nitrogen and oxygen atoms in total. The number of carbonyl (C=O) groups excluding carboxylic acids is 2. The highest BCUT2D eigenvalue weighted by atomic mass is 16.6. The van der Waals surface area contributed by atoms with Gasteiger partial charge in [-0.2, -0.15) is 0 Å². The van der Waals surface area contributed by atoms with Crippen LogP contribution in [0.4, 0.5) is 11.4 Å². The van der Waals surface area contributed by atoms with Crippen molar-refractivity contribution >= 4 is 29.4 Å². The summed E-state index contributed by atoms with van der Waals surface area (Å²) in [5.74, 6) is -0.903. The summed E-state index contributed by atoms with van der Waals surface area (Å²) >= 11 is 0. The van der Waals surface area contributed by atoms with Gasteiger partial charge in [0.25, 0.3) is 17.5 Å². The fourth-order valence-electron chi connectivity index (χ4n) is 3.16. The first kappa shape index (κ1) is 20.0. The highest BCUT2D eigenvalue weighted by Crippen LogP contribution is 2.29. The van der Waals surface area contributed by atoms with Crippen LogP contribution in [0.25, 0.3) is 0 Å². The molecule has 0 heterocycles. The average Bonchev–Trinajstić information content (AvgIpc) is 2.72. The van der Waals surface area contributed by atoms with Crippen molar-refractivity contribution in [1.29, 1.82) is 0 Å². The standard InChI is InChI=1S/C20H20N4O5/c25-19(22-15-8-10-16(11-9-15)24(27)28)12-21-29-13-20(26)23-18-7-3-5-14-4-1-2-6-17(14)18/h1-2,4,6,8-12,18H,3,5,7,13H2,(H,22,25)(H,23,26)/b21-12-/t18-/m1/s1. The number of nitrogens with one attached hydrogen (secondary N) is 2. The van der Waals surface area contributed by atoms with Crippen LogP contribution in [-0.4, -0.2) is 29.6 Å². The molecule has 0 saturated heterocycles. The molecule has 0 aliphatic heterocycles. The molecule has 1 atom stereocenters. The molecule has 2 aromatic carbocycles. The Morgan fingerprint density at radius 2 is 1.97 bits per heavy atom. The second-order valence-corrected chi connectivity index (χ2v) is 6.51. The fraction of sp³-hybridized carbons (Fsp3) is 0.250. The summed E-state index contributed by atoms with van der Waals surface area (Å²) in [6.07, 6.45) is 3.77. The number of hydrogen-bond donors (Lipinski definition) is 2. The van der Waals surface area contributed by atoms with Gasteiger partial charge >= 0.3 is 0 Å². The summed E-state index contributed by atoms with van der Waals surface area (Å²) in [6.45, 7) is -0.306. The van der Waals surface area contributed by atoms with Crippen molar-refractivity contribution in [3.05, 3.63) is 69.8 Å². The van der Waals surface area contributed by atoms with Gasteiger partial charge in [-0.05, 0) is 42.5 Å². The summed E-state index contributed by atoms with van der Waals surface area (Å²) in [7, 11) is 0. The van der Waals surface area contributed by atoms with Gasteiger partial charge in [0.2, 0.25) is 0 Å². The predicted octanol–water partition coefficient (Wildman–Crippen LogP) is 2.73. The molecule has 2 amide bonds. The number of hydrogen-bond acceptors (Lipinski definition) is 6. The molecule has 0 radical (unpaired) electrons. The van der Waals surface area contributed by atoms with E-state index in [0.717, 1.165) is 31.0 Å². The molecule has 0 aromatic heterocycles. The Labute approximate surface area is 166 Å². The minimum Gasteiger partial charge on any atom is -0.386 e. The van der Waals surface area contributed by atoms with Gasteiger partial charge in [-0.3, -0.25) is 19.7 Å². The number of oxime groups is 1. The second-order valence-electron chi connectivity index (χ2n) is 6.51. The number of benzene rings is 2. The number of nitro groups is 1. The van der Waals surface area contributed by atoms with E-state index in [1.54, 1.807) is 0 Å². The topological polar surface area (TPSA) is 123 Å². The highest BCUT2D eigenvalue weighted by Gasteiger charge is 2.21. The third-order valence-electron chi connectivity index (χ3n) is 4.49. The van der Waals surface area contributed by atoms with Crippen molar-refractivity contribution in [2.45, 2.75) is 25.3 Å². The fourth-order valence-corrected chi connectivity index (χ4v) is 3.16. The molecule has 0 unspecified atom stereocenters. The summed E-state index contributed by atoms with van der Waals surface area (Å²) < 4.78 is 0. The summed E-state index contributed by atoms with van der Waals surface area (Å²) in [5.41, 5.74) is 2.66. The lowest BCUT2D eigenvalue weighted by Crippen LogP contribution is -2.33. The molecule has 150 valence electrons. The van der Waals surface area contributed by atoms with Crippen LogP contribution in [0.15, 0.2) is 53.7 Å².